The highest BCUT2D eigenvalue weighted by atomic mass is 16.3. The monoisotopic (exact) mass is 712 g/mol. The Hall–Kier alpha value is -6.96. The molecule has 0 amide bonds. The molecule has 0 atom stereocenters. The Morgan fingerprint density at radius 2 is 0.857 bits per heavy atom. The molecule has 1 aliphatic carbocycles. The molecular weight excluding hydrogens is 677 g/mol. The van der Waals surface area contributed by atoms with Crippen molar-refractivity contribution in [2.24, 2.45) is 0 Å². The number of fused-ring (bicyclic) bond motifs is 13. The first kappa shape index (κ1) is 31.4. The second-order valence-electron chi connectivity index (χ2n) is 15.9. The van der Waals surface area contributed by atoms with Gasteiger partial charge in [0.15, 0.2) is 0 Å². The molecule has 1 heteroatoms. The summed E-state index contributed by atoms with van der Waals surface area (Å²) < 4.78 is 6.79. The van der Waals surface area contributed by atoms with Crippen LogP contribution in [0.15, 0.2) is 186 Å². The van der Waals surface area contributed by atoms with Gasteiger partial charge in [-0.15, -0.1) is 0 Å². The van der Waals surface area contributed by atoms with Crippen LogP contribution in [0.4, 0.5) is 0 Å². The van der Waals surface area contributed by atoms with Crippen LogP contribution in [0.1, 0.15) is 25.0 Å². The average molecular weight is 713 g/mol. The van der Waals surface area contributed by atoms with Gasteiger partial charge in [-0.05, 0) is 105 Å². The van der Waals surface area contributed by atoms with Crippen LogP contribution in [0, 0.1) is 0 Å². The predicted octanol–water partition coefficient (Wildman–Crippen LogP) is 15.5. The van der Waals surface area contributed by atoms with E-state index >= 15 is 0 Å². The lowest BCUT2D eigenvalue weighted by Crippen LogP contribution is -2.15. The van der Waals surface area contributed by atoms with Crippen molar-refractivity contribution in [2.75, 3.05) is 0 Å². The second kappa shape index (κ2) is 11.5. The van der Waals surface area contributed by atoms with Crippen molar-refractivity contribution in [1.29, 1.82) is 0 Å². The molecule has 0 bridgehead atoms. The molecule has 262 valence electrons. The van der Waals surface area contributed by atoms with Crippen molar-refractivity contribution >= 4 is 65.0 Å². The Morgan fingerprint density at radius 1 is 0.357 bits per heavy atom. The maximum atomic E-state index is 6.79. The molecule has 1 heterocycles. The maximum Gasteiger partial charge on any atom is 0.140 e. The highest BCUT2D eigenvalue weighted by Crippen LogP contribution is 2.57. The van der Waals surface area contributed by atoms with Crippen LogP contribution in [0.25, 0.3) is 110 Å². The lowest BCUT2D eigenvalue weighted by Gasteiger charge is -2.22. The summed E-state index contributed by atoms with van der Waals surface area (Å²) in [6, 6.07) is 67.0. The Bertz CT molecular complexity index is 3380. The van der Waals surface area contributed by atoms with Gasteiger partial charge in [0.05, 0.1) is 0 Å². The molecule has 0 unspecified atom stereocenters. The van der Waals surface area contributed by atoms with Gasteiger partial charge in [0.1, 0.15) is 11.2 Å². The first-order valence-corrected chi connectivity index (χ1v) is 19.6. The van der Waals surface area contributed by atoms with E-state index in [9.17, 15) is 0 Å². The van der Waals surface area contributed by atoms with Crippen molar-refractivity contribution in [3.8, 4) is 44.5 Å². The van der Waals surface area contributed by atoms with E-state index in [0.717, 1.165) is 11.2 Å². The molecule has 0 N–H and O–H groups in total. The van der Waals surface area contributed by atoms with Crippen molar-refractivity contribution < 1.29 is 4.42 Å². The number of benzene rings is 10. The van der Waals surface area contributed by atoms with Gasteiger partial charge in [-0.25, -0.2) is 0 Å². The van der Waals surface area contributed by atoms with E-state index in [-0.39, 0.29) is 5.41 Å². The average Bonchev–Trinajstić information content (AvgIpc) is 3.75. The summed E-state index contributed by atoms with van der Waals surface area (Å²) in [6.45, 7) is 4.72. The van der Waals surface area contributed by atoms with Gasteiger partial charge in [0.25, 0.3) is 0 Å². The highest BCUT2D eigenvalue weighted by Gasteiger charge is 2.40. The third kappa shape index (κ3) is 4.20. The summed E-state index contributed by atoms with van der Waals surface area (Å²) in [4.78, 5) is 0. The third-order valence-electron chi connectivity index (χ3n) is 12.6. The minimum Gasteiger partial charge on any atom is -0.456 e. The quantitative estimate of drug-likeness (QED) is 0.166. The zero-order chi connectivity index (χ0) is 37.1. The van der Waals surface area contributed by atoms with Gasteiger partial charge < -0.3 is 4.42 Å². The first-order chi connectivity index (χ1) is 27.6. The molecule has 10 aromatic carbocycles. The van der Waals surface area contributed by atoms with Gasteiger partial charge in [0.2, 0.25) is 0 Å². The van der Waals surface area contributed by atoms with Crippen LogP contribution in [0.3, 0.4) is 0 Å². The van der Waals surface area contributed by atoms with Gasteiger partial charge in [-0.2, -0.15) is 0 Å². The lowest BCUT2D eigenvalue weighted by molar-refractivity contribution is 0.620. The van der Waals surface area contributed by atoms with Crippen LogP contribution < -0.4 is 0 Å². The topological polar surface area (TPSA) is 13.1 Å². The molecule has 12 rings (SSSR count). The Morgan fingerprint density at radius 3 is 1.52 bits per heavy atom. The Kier molecular flexibility index (Phi) is 6.46. The normalized spacial score (nSPS) is 13.3. The molecule has 1 aliphatic rings. The highest BCUT2D eigenvalue weighted by molar-refractivity contribution is 6.26. The summed E-state index contributed by atoms with van der Waals surface area (Å²) in [5.41, 5.74) is 14.4. The van der Waals surface area contributed by atoms with Crippen LogP contribution >= 0.6 is 0 Å². The number of rotatable bonds is 3. The zero-order valence-corrected chi connectivity index (χ0v) is 31.2. The molecule has 0 radical (unpaired) electrons. The van der Waals surface area contributed by atoms with E-state index < -0.39 is 0 Å². The standard InChI is InChI=1S/C55H36O/c1-55(2)47-31-28-34(32-46(47)51-42-24-12-13-25-43(42)52-45-26-14-15-27-48(45)56-54(52)53(51)55)35-29-30-44(37-19-7-6-18-36(35)37)50-40-22-10-8-20-38(40)49(33-16-4-3-5-17-33)39-21-9-11-23-41(39)50/h3-32H,1-2H3. The molecule has 0 saturated heterocycles. The molecule has 1 nitrogen and oxygen atoms in total. The minimum atomic E-state index is -0.237. The maximum absolute atomic E-state index is 6.79. The Balaban J connectivity index is 1.11. The molecule has 0 spiro atoms. The van der Waals surface area contributed by atoms with Gasteiger partial charge in [0, 0.05) is 21.8 Å². The first-order valence-electron chi connectivity index (χ1n) is 19.6. The molecule has 1 aromatic heterocycles. The number of hydrogen-bond donors (Lipinski definition) is 0. The molecular formula is C55H36O. The Labute approximate surface area is 325 Å². The van der Waals surface area contributed by atoms with Crippen molar-refractivity contribution in [3.63, 3.8) is 0 Å². The number of furan rings is 1. The smallest absolute Gasteiger partial charge is 0.140 e. The van der Waals surface area contributed by atoms with E-state index in [0.29, 0.717) is 0 Å². The summed E-state index contributed by atoms with van der Waals surface area (Å²) >= 11 is 0. The van der Waals surface area contributed by atoms with E-state index in [2.05, 4.69) is 196 Å². The van der Waals surface area contributed by atoms with Crippen molar-refractivity contribution in [2.45, 2.75) is 19.3 Å². The SMILES string of the molecule is CC1(C)c2ccc(-c3ccc(-c4c5ccccc5c(-c5ccccc5)c5ccccc45)c4ccccc34)cc2-c2c1c1oc3ccccc3c1c1ccccc21. The summed E-state index contributed by atoms with van der Waals surface area (Å²) in [6.07, 6.45) is 0. The summed E-state index contributed by atoms with van der Waals surface area (Å²) in [5, 5.41) is 12.5. The molecule has 56 heavy (non-hydrogen) atoms. The third-order valence-corrected chi connectivity index (χ3v) is 12.6. The van der Waals surface area contributed by atoms with Gasteiger partial charge in [-0.3, -0.25) is 0 Å². The van der Waals surface area contributed by atoms with E-state index in [1.54, 1.807) is 0 Å². The minimum absolute atomic E-state index is 0.237. The summed E-state index contributed by atoms with van der Waals surface area (Å²) in [7, 11) is 0. The molecule has 0 aliphatic heterocycles. The fourth-order valence-electron chi connectivity index (χ4n) is 10.2. The molecule has 0 fully saturated rings. The van der Waals surface area contributed by atoms with Crippen LogP contribution in [-0.4, -0.2) is 0 Å². The van der Waals surface area contributed by atoms with E-state index in [1.165, 1.54) is 109 Å². The largest absolute Gasteiger partial charge is 0.456 e. The van der Waals surface area contributed by atoms with Crippen LogP contribution in [0.5, 0.6) is 0 Å². The van der Waals surface area contributed by atoms with Crippen LogP contribution in [0.2, 0.25) is 0 Å². The van der Waals surface area contributed by atoms with Crippen LogP contribution in [-0.2, 0) is 5.41 Å². The van der Waals surface area contributed by atoms with E-state index in [1.807, 2.05) is 0 Å². The zero-order valence-electron chi connectivity index (χ0n) is 31.2. The fourth-order valence-corrected chi connectivity index (χ4v) is 10.2. The number of hydrogen-bond acceptors (Lipinski definition) is 1. The molecule has 11 aromatic rings. The predicted molar refractivity (Wildman–Crippen MR) is 238 cm³/mol. The molecule has 0 saturated carbocycles. The van der Waals surface area contributed by atoms with E-state index in [4.69, 9.17) is 4.42 Å². The summed E-state index contributed by atoms with van der Waals surface area (Å²) in [5.74, 6) is 0. The number of para-hydroxylation sites is 1. The van der Waals surface area contributed by atoms with Crippen molar-refractivity contribution in [1.82, 2.24) is 0 Å². The lowest BCUT2D eigenvalue weighted by atomic mass is 9.80. The van der Waals surface area contributed by atoms with Crippen molar-refractivity contribution in [3.05, 3.63) is 193 Å². The fraction of sp³-hybridized carbons (Fsp3) is 0.0545. The van der Waals surface area contributed by atoms with Gasteiger partial charge in [-0.1, -0.05) is 184 Å². The second-order valence-corrected chi connectivity index (χ2v) is 15.9. The van der Waals surface area contributed by atoms with Gasteiger partial charge >= 0.3 is 0 Å².